The van der Waals surface area contributed by atoms with Crippen LogP contribution in [0.15, 0.2) is 16.4 Å². The molecule has 0 amide bonds. The molecule has 128 valence electrons. The number of nitrogens with zero attached hydrogens (tertiary/aromatic N) is 2. The molecule has 1 aliphatic rings. The molecule has 1 rings (SSSR count). The van der Waals surface area contributed by atoms with Crippen LogP contribution in [-0.2, 0) is 0 Å². The zero-order valence-electron chi connectivity index (χ0n) is 15.4. The Morgan fingerprint density at radius 2 is 1.45 bits per heavy atom. The van der Waals surface area contributed by atoms with Gasteiger partial charge in [0.25, 0.3) is 0 Å². The Hall–Kier alpha value is -0.990. The third-order valence-corrected chi connectivity index (χ3v) is 4.53. The molecule has 0 aromatic heterocycles. The number of allylic oxidation sites excluding steroid dienone is 2. The Bertz CT molecular complexity index is 358. The largest absolute Gasteiger partial charge is 0.276 e. The van der Waals surface area contributed by atoms with E-state index in [1.165, 1.54) is 74.8 Å². The quantitative estimate of drug-likeness (QED) is 0.462. The molecule has 0 aliphatic carbocycles. The second-order valence-corrected chi connectivity index (χ2v) is 6.30. The van der Waals surface area contributed by atoms with Crippen molar-refractivity contribution in [3.05, 3.63) is 11.3 Å². The number of hydrazine groups is 1. The van der Waals surface area contributed by atoms with Crippen molar-refractivity contribution in [3.63, 3.8) is 0 Å². The predicted molar refractivity (Wildman–Crippen MR) is 97.8 cm³/mol. The van der Waals surface area contributed by atoms with Crippen molar-refractivity contribution in [1.82, 2.24) is 10.5 Å². The lowest BCUT2D eigenvalue weighted by molar-refractivity contribution is 0.244. The van der Waals surface area contributed by atoms with E-state index in [9.17, 15) is 0 Å². The van der Waals surface area contributed by atoms with E-state index in [2.05, 4.69) is 43.3 Å². The van der Waals surface area contributed by atoms with Gasteiger partial charge in [-0.15, -0.1) is 0 Å². The van der Waals surface area contributed by atoms with Crippen LogP contribution in [0.5, 0.6) is 0 Å². The summed E-state index contributed by atoms with van der Waals surface area (Å²) >= 11 is 0. The SMILES string of the molecule is CCCCCCC1=NNN(CC)C(CCCCCC)=C1CC. The number of hydrogen-bond acceptors (Lipinski definition) is 3. The van der Waals surface area contributed by atoms with E-state index in [4.69, 9.17) is 0 Å². The smallest absolute Gasteiger partial charge is 0.0673 e. The van der Waals surface area contributed by atoms with Gasteiger partial charge in [-0.3, -0.25) is 5.01 Å². The molecular weight excluding hydrogens is 270 g/mol. The molecule has 3 nitrogen and oxygen atoms in total. The van der Waals surface area contributed by atoms with Crippen LogP contribution in [0.25, 0.3) is 0 Å². The summed E-state index contributed by atoms with van der Waals surface area (Å²) in [5.41, 5.74) is 7.60. The first-order valence-corrected chi connectivity index (χ1v) is 9.60. The zero-order chi connectivity index (χ0) is 16.2. The van der Waals surface area contributed by atoms with Gasteiger partial charge in [0.15, 0.2) is 0 Å². The first kappa shape index (κ1) is 19.1. The summed E-state index contributed by atoms with van der Waals surface area (Å²) in [4.78, 5) is 0. The molecular formula is C19H37N3. The van der Waals surface area contributed by atoms with Gasteiger partial charge in [-0.05, 0) is 44.6 Å². The van der Waals surface area contributed by atoms with Crippen LogP contribution in [0.4, 0.5) is 0 Å². The highest BCUT2D eigenvalue weighted by Crippen LogP contribution is 2.25. The third kappa shape index (κ3) is 6.02. The minimum absolute atomic E-state index is 0.985. The number of nitrogens with one attached hydrogen (secondary N) is 1. The Labute approximate surface area is 138 Å². The number of rotatable bonds is 12. The first-order chi connectivity index (χ1) is 10.8. The van der Waals surface area contributed by atoms with Crippen molar-refractivity contribution in [1.29, 1.82) is 0 Å². The standard InChI is InChI=1S/C19H37N3/c1-5-9-11-13-15-18-17(7-3)19(16-14-12-10-6-2)22(8-4)21-20-18/h21H,5-16H2,1-4H3. The van der Waals surface area contributed by atoms with Crippen LogP contribution >= 0.6 is 0 Å². The first-order valence-electron chi connectivity index (χ1n) is 9.60. The minimum Gasteiger partial charge on any atom is -0.276 e. The second kappa shape index (κ2) is 11.6. The second-order valence-electron chi connectivity index (χ2n) is 6.30. The Balaban J connectivity index is 2.68. The van der Waals surface area contributed by atoms with Gasteiger partial charge in [0.2, 0.25) is 0 Å². The van der Waals surface area contributed by atoms with E-state index in [1.54, 1.807) is 0 Å². The lowest BCUT2D eigenvalue weighted by atomic mass is 9.96. The molecule has 1 N–H and O–H groups in total. The maximum atomic E-state index is 4.66. The van der Waals surface area contributed by atoms with Crippen molar-refractivity contribution in [2.75, 3.05) is 6.54 Å². The van der Waals surface area contributed by atoms with Gasteiger partial charge in [-0.1, -0.05) is 59.3 Å². The zero-order valence-corrected chi connectivity index (χ0v) is 15.4. The average Bonchev–Trinajstić information content (AvgIpc) is 2.55. The summed E-state index contributed by atoms with van der Waals surface area (Å²) in [7, 11) is 0. The monoisotopic (exact) mass is 307 g/mol. The lowest BCUT2D eigenvalue weighted by Gasteiger charge is -2.32. The fraction of sp³-hybridized carbons (Fsp3) is 0.842. The molecule has 0 saturated carbocycles. The Kier molecular flexibility index (Phi) is 10.0. The third-order valence-electron chi connectivity index (χ3n) is 4.53. The van der Waals surface area contributed by atoms with Crippen LogP contribution in [0.2, 0.25) is 0 Å². The van der Waals surface area contributed by atoms with Crippen molar-refractivity contribution in [2.45, 2.75) is 98.3 Å². The maximum absolute atomic E-state index is 4.66. The van der Waals surface area contributed by atoms with E-state index in [0.29, 0.717) is 0 Å². The summed E-state index contributed by atoms with van der Waals surface area (Å²) in [6.45, 7) is 10.0. The van der Waals surface area contributed by atoms with Crippen molar-refractivity contribution >= 4 is 5.71 Å². The van der Waals surface area contributed by atoms with Crippen LogP contribution in [0, 0.1) is 0 Å². The van der Waals surface area contributed by atoms with Gasteiger partial charge < -0.3 is 0 Å². The minimum atomic E-state index is 0.985. The summed E-state index contributed by atoms with van der Waals surface area (Å²) < 4.78 is 0. The van der Waals surface area contributed by atoms with Crippen molar-refractivity contribution in [3.8, 4) is 0 Å². The summed E-state index contributed by atoms with van der Waals surface area (Å²) in [5.74, 6) is 0. The molecule has 0 aromatic rings. The highest BCUT2D eigenvalue weighted by Gasteiger charge is 2.20. The fourth-order valence-corrected chi connectivity index (χ4v) is 3.18. The predicted octanol–water partition coefficient (Wildman–Crippen LogP) is 5.79. The topological polar surface area (TPSA) is 27.6 Å². The molecule has 0 fully saturated rings. The van der Waals surface area contributed by atoms with Crippen LogP contribution in [-0.4, -0.2) is 17.3 Å². The van der Waals surface area contributed by atoms with Gasteiger partial charge in [0, 0.05) is 12.2 Å². The Morgan fingerprint density at radius 1 is 0.818 bits per heavy atom. The highest BCUT2D eigenvalue weighted by atomic mass is 15.7. The molecule has 3 heteroatoms. The van der Waals surface area contributed by atoms with Gasteiger partial charge in [-0.2, -0.15) is 5.10 Å². The molecule has 1 heterocycles. The molecule has 0 saturated heterocycles. The number of hydrazone groups is 1. The van der Waals surface area contributed by atoms with Gasteiger partial charge >= 0.3 is 0 Å². The molecule has 0 unspecified atom stereocenters. The molecule has 0 aromatic carbocycles. The van der Waals surface area contributed by atoms with E-state index >= 15 is 0 Å². The van der Waals surface area contributed by atoms with E-state index in [1.807, 2.05) is 0 Å². The Morgan fingerprint density at radius 3 is 2.00 bits per heavy atom. The van der Waals surface area contributed by atoms with Gasteiger partial charge in [-0.25, -0.2) is 5.53 Å². The van der Waals surface area contributed by atoms with E-state index < -0.39 is 0 Å². The maximum Gasteiger partial charge on any atom is 0.0673 e. The van der Waals surface area contributed by atoms with Gasteiger partial charge in [0.05, 0.1) is 5.71 Å². The number of hydrogen-bond donors (Lipinski definition) is 1. The number of unbranched alkanes of at least 4 members (excludes halogenated alkanes) is 6. The molecule has 22 heavy (non-hydrogen) atoms. The van der Waals surface area contributed by atoms with Crippen LogP contribution in [0.1, 0.15) is 98.3 Å². The highest BCUT2D eigenvalue weighted by molar-refractivity contribution is 6.00. The molecule has 0 spiro atoms. The molecule has 0 atom stereocenters. The fourth-order valence-electron chi connectivity index (χ4n) is 3.18. The lowest BCUT2D eigenvalue weighted by Crippen LogP contribution is -2.39. The normalized spacial score (nSPS) is 15.1. The van der Waals surface area contributed by atoms with E-state index in [0.717, 1.165) is 19.4 Å². The van der Waals surface area contributed by atoms with Crippen molar-refractivity contribution in [2.24, 2.45) is 5.10 Å². The van der Waals surface area contributed by atoms with Crippen LogP contribution < -0.4 is 5.53 Å². The van der Waals surface area contributed by atoms with Gasteiger partial charge in [0.1, 0.15) is 0 Å². The molecule has 0 bridgehead atoms. The van der Waals surface area contributed by atoms with Crippen molar-refractivity contribution < 1.29 is 0 Å². The summed E-state index contributed by atoms with van der Waals surface area (Å²) in [6.07, 6.45) is 14.0. The summed E-state index contributed by atoms with van der Waals surface area (Å²) in [6, 6.07) is 0. The average molecular weight is 308 g/mol. The van der Waals surface area contributed by atoms with E-state index in [-0.39, 0.29) is 0 Å². The molecule has 0 radical (unpaired) electrons. The molecule has 1 aliphatic heterocycles. The van der Waals surface area contributed by atoms with Crippen LogP contribution in [0.3, 0.4) is 0 Å². The summed E-state index contributed by atoms with van der Waals surface area (Å²) in [5, 5.41) is 6.91.